The van der Waals surface area contributed by atoms with E-state index in [9.17, 15) is 0 Å². The van der Waals surface area contributed by atoms with E-state index < -0.39 is 39.4 Å². The molecule has 8 nitrogen and oxygen atoms in total. The molecule has 120 valence electrons. The van der Waals surface area contributed by atoms with Crippen LogP contribution in [0.3, 0.4) is 0 Å². The van der Waals surface area contributed by atoms with Crippen LogP contribution in [0, 0.1) is 0 Å². The molecule has 0 N–H and O–H groups in total. The number of hydrogen-bond acceptors (Lipinski definition) is 8. The largest absolute Gasteiger partial charge is 0.265 e. The van der Waals surface area contributed by atoms with E-state index in [2.05, 4.69) is 93.8 Å². The van der Waals surface area contributed by atoms with Gasteiger partial charge in [-0.1, -0.05) is 0 Å². The van der Waals surface area contributed by atoms with Crippen molar-refractivity contribution < 1.29 is 0 Å². The minimum atomic E-state index is -0.415. The third-order valence-corrected chi connectivity index (χ3v) is 15.5. The first-order chi connectivity index (χ1) is 9.22. The van der Waals surface area contributed by atoms with Gasteiger partial charge in [-0.05, 0) is 0 Å². The highest BCUT2D eigenvalue weighted by Crippen LogP contribution is 2.04. The van der Waals surface area contributed by atoms with Gasteiger partial charge in [0.1, 0.15) is 0 Å². The molecule has 0 aliphatic carbocycles. The zero-order chi connectivity index (χ0) is 15.4. The standard InChI is InChI=1S/C8H32N8Si4/c1-9(2)13-17-14(10(3)4)19-16(12(7)8)20-15(18-13)11(5)6/h17-20H2,1-8H3. The lowest BCUT2D eigenvalue weighted by atomic mass is 11.2. The second-order valence-corrected chi connectivity index (χ2v) is 16.5. The first-order valence-electron chi connectivity index (χ1n) is 6.91. The van der Waals surface area contributed by atoms with Gasteiger partial charge in [0.2, 0.25) is 0 Å². The molecule has 0 atom stereocenters. The molecule has 1 rings (SSSR count). The highest BCUT2D eigenvalue weighted by Gasteiger charge is 2.28. The molecule has 1 heterocycles. The maximum Gasteiger partial charge on any atom is 0.189 e. The topological polar surface area (TPSA) is 25.9 Å². The molecule has 1 fully saturated rings. The maximum absolute atomic E-state index is 2.66. The van der Waals surface area contributed by atoms with Crippen LogP contribution < -0.4 is 0 Å². The quantitative estimate of drug-likeness (QED) is 0.465. The summed E-state index contributed by atoms with van der Waals surface area (Å²) in [6, 6.07) is 0. The van der Waals surface area contributed by atoms with E-state index in [0.717, 1.165) is 0 Å². The molecule has 0 aromatic heterocycles. The van der Waals surface area contributed by atoms with E-state index in [4.69, 9.17) is 0 Å². The van der Waals surface area contributed by atoms with Gasteiger partial charge in [-0.3, -0.25) is 37.4 Å². The molecular weight excluding hydrogens is 320 g/mol. The lowest BCUT2D eigenvalue weighted by Gasteiger charge is -2.47. The third-order valence-electron chi connectivity index (χ3n) is 3.57. The lowest BCUT2D eigenvalue weighted by molar-refractivity contribution is 0.108. The first kappa shape index (κ1) is 18.6. The van der Waals surface area contributed by atoms with E-state index in [0.29, 0.717) is 0 Å². The van der Waals surface area contributed by atoms with Crippen molar-refractivity contribution in [3.05, 3.63) is 0 Å². The molecule has 1 saturated heterocycles. The molecule has 0 spiro atoms. The van der Waals surface area contributed by atoms with Crippen LogP contribution in [-0.4, -0.2) is 133 Å². The van der Waals surface area contributed by atoms with E-state index >= 15 is 0 Å². The van der Waals surface area contributed by atoms with Gasteiger partial charge in [-0.2, -0.15) is 0 Å². The van der Waals surface area contributed by atoms with Gasteiger partial charge >= 0.3 is 0 Å². The van der Waals surface area contributed by atoms with Crippen LogP contribution in [0.25, 0.3) is 0 Å². The number of rotatable bonds is 4. The van der Waals surface area contributed by atoms with E-state index in [1.807, 2.05) is 0 Å². The van der Waals surface area contributed by atoms with Gasteiger partial charge in [0.05, 0.1) is 0 Å². The second kappa shape index (κ2) is 8.25. The molecule has 0 saturated carbocycles. The van der Waals surface area contributed by atoms with Gasteiger partial charge in [0, 0.05) is 56.4 Å². The molecule has 12 heteroatoms. The monoisotopic (exact) mass is 352 g/mol. The van der Waals surface area contributed by atoms with Crippen molar-refractivity contribution in [2.45, 2.75) is 0 Å². The van der Waals surface area contributed by atoms with E-state index in [-0.39, 0.29) is 0 Å². The van der Waals surface area contributed by atoms with Crippen LogP contribution in [0.2, 0.25) is 0 Å². The Morgan fingerprint density at radius 2 is 0.550 bits per heavy atom. The summed E-state index contributed by atoms with van der Waals surface area (Å²) in [5.74, 6) is 0. The molecule has 0 aromatic carbocycles. The molecule has 0 amide bonds. The number of nitrogens with zero attached hydrogens (tertiary/aromatic N) is 8. The predicted molar refractivity (Wildman–Crippen MR) is 96.3 cm³/mol. The van der Waals surface area contributed by atoms with Crippen LogP contribution in [0.4, 0.5) is 0 Å². The summed E-state index contributed by atoms with van der Waals surface area (Å²) in [4.78, 5) is 0. The molecule has 0 bridgehead atoms. The third kappa shape index (κ3) is 5.39. The van der Waals surface area contributed by atoms with Gasteiger partial charge < -0.3 is 0 Å². The Morgan fingerprint density at radius 3 is 0.650 bits per heavy atom. The van der Waals surface area contributed by atoms with Crippen LogP contribution in [0.15, 0.2) is 0 Å². The maximum atomic E-state index is 2.66. The molecule has 20 heavy (non-hydrogen) atoms. The number of hydrazine groups is 4. The lowest BCUT2D eigenvalue weighted by Crippen LogP contribution is -2.69. The Kier molecular flexibility index (Phi) is 7.67. The Morgan fingerprint density at radius 1 is 0.400 bits per heavy atom. The van der Waals surface area contributed by atoms with Crippen molar-refractivity contribution in [3.8, 4) is 0 Å². The van der Waals surface area contributed by atoms with Crippen LogP contribution in [-0.2, 0) is 0 Å². The summed E-state index contributed by atoms with van der Waals surface area (Å²) < 4.78 is 10.6. The molecule has 1 aliphatic heterocycles. The van der Waals surface area contributed by atoms with Gasteiger partial charge in [0.15, 0.2) is 39.4 Å². The zero-order valence-electron chi connectivity index (χ0n) is 14.4. The molecular formula is C8H32N8Si4. The van der Waals surface area contributed by atoms with E-state index in [1.165, 1.54) is 0 Å². The van der Waals surface area contributed by atoms with Gasteiger partial charge in [-0.15, -0.1) is 0 Å². The molecule has 1 aliphatic rings. The van der Waals surface area contributed by atoms with Gasteiger partial charge in [0.25, 0.3) is 0 Å². The normalized spacial score (nSPS) is 27.0. The summed E-state index contributed by atoms with van der Waals surface area (Å²) >= 11 is 0. The number of hydrogen-bond donors (Lipinski definition) is 0. The van der Waals surface area contributed by atoms with Gasteiger partial charge in [-0.25, -0.2) is 0 Å². The van der Waals surface area contributed by atoms with E-state index in [1.54, 1.807) is 0 Å². The summed E-state index contributed by atoms with van der Waals surface area (Å²) in [7, 11) is 15.9. The van der Waals surface area contributed by atoms with Crippen molar-refractivity contribution in [1.29, 1.82) is 0 Å². The first-order valence-corrected chi connectivity index (χ1v) is 12.0. The summed E-state index contributed by atoms with van der Waals surface area (Å²) in [5.41, 5.74) is 0. The Hall–Kier alpha value is 0.548. The fourth-order valence-corrected chi connectivity index (χ4v) is 15.8. The average Bonchev–Trinajstić information content (AvgIpc) is 2.26. The fourth-order valence-electron chi connectivity index (χ4n) is 1.94. The molecule has 0 radical (unpaired) electrons. The van der Waals surface area contributed by atoms with Crippen LogP contribution >= 0.6 is 0 Å². The average molecular weight is 353 g/mol. The highest BCUT2D eigenvalue weighted by atomic mass is 28.4. The van der Waals surface area contributed by atoms with Crippen molar-refractivity contribution >= 4 is 39.4 Å². The van der Waals surface area contributed by atoms with Crippen molar-refractivity contribution in [2.24, 2.45) is 0 Å². The Balaban J connectivity index is 2.90. The molecule has 0 aromatic rings. The molecule has 0 unspecified atom stereocenters. The Bertz CT molecular complexity index is 228. The van der Waals surface area contributed by atoms with Crippen LogP contribution in [0.1, 0.15) is 0 Å². The Labute approximate surface area is 133 Å². The fraction of sp³-hybridized carbons (Fsp3) is 1.00. The van der Waals surface area contributed by atoms with Crippen molar-refractivity contribution in [1.82, 2.24) is 37.4 Å². The highest BCUT2D eigenvalue weighted by molar-refractivity contribution is 6.64. The minimum Gasteiger partial charge on any atom is -0.265 e. The summed E-state index contributed by atoms with van der Waals surface area (Å²) in [6.07, 6.45) is 0. The van der Waals surface area contributed by atoms with Crippen molar-refractivity contribution in [3.63, 3.8) is 0 Å². The van der Waals surface area contributed by atoms with Crippen molar-refractivity contribution in [2.75, 3.05) is 56.4 Å². The second-order valence-electron chi connectivity index (χ2n) is 5.98. The summed E-state index contributed by atoms with van der Waals surface area (Å²) in [5, 5.41) is 9.28. The minimum absolute atomic E-state index is 0.415. The summed E-state index contributed by atoms with van der Waals surface area (Å²) in [6.45, 7) is 0. The smallest absolute Gasteiger partial charge is 0.189 e. The zero-order valence-corrected chi connectivity index (χ0v) is 20.1. The predicted octanol–water partition coefficient (Wildman–Crippen LogP) is -4.89. The van der Waals surface area contributed by atoms with Crippen LogP contribution in [0.5, 0.6) is 0 Å². The SMILES string of the molecule is CN(C)N1[SiH2]N(N(C)C)[SiH2]N(N(C)C)[SiH2]N(N(C)C)[SiH2]1.